The number of para-hydroxylation sites is 1. The van der Waals surface area contributed by atoms with E-state index in [1.807, 2.05) is 30.3 Å². The Kier molecular flexibility index (Phi) is 3.90. The fourth-order valence-electron chi connectivity index (χ4n) is 1.38. The van der Waals surface area contributed by atoms with E-state index in [-0.39, 0.29) is 4.90 Å². The number of hydrogen-bond donors (Lipinski definition) is 0. The molecule has 0 aliphatic rings. The minimum atomic E-state index is -2.17. The first-order chi connectivity index (χ1) is 8.25. The van der Waals surface area contributed by atoms with Crippen LogP contribution in [0.15, 0.2) is 59.5 Å². The highest BCUT2D eigenvalue weighted by Gasteiger charge is 1.96. The second kappa shape index (κ2) is 5.61. The highest BCUT2D eigenvalue weighted by molar-refractivity contribution is 7.79. The van der Waals surface area contributed by atoms with E-state index in [1.54, 1.807) is 24.3 Å². The first-order valence-corrected chi connectivity index (χ1v) is 6.19. The quantitative estimate of drug-likeness (QED) is 0.780. The molecule has 1 unspecified atom stereocenters. The Balaban J connectivity index is 1.98. The molecule has 0 aliphatic carbocycles. The lowest BCUT2D eigenvalue weighted by molar-refractivity contribution is 0.306. The fraction of sp³-hybridized carbons (Fsp3) is 0.0769. The van der Waals surface area contributed by atoms with E-state index < -0.39 is 11.1 Å². The van der Waals surface area contributed by atoms with E-state index in [2.05, 4.69) is 0 Å². The molecule has 1 atom stereocenters. The van der Waals surface area contributed by atoms with Gasteiger partial charge in [-0.2, -0.15) is 0 Å². The van der Waals surface area contributed by atoms with Crippen molar-refractivity contribution in [1.82, 2.24) is 0 Å². The molecule has 0 saturated heterocycles. The van der Waals surface area contributed by atoms with E-state index in [4.69, 9.17) is 4.74 Å². The Hall–Kier alpha value is -1.65. The Labute approximate surface area is 102 Å². The number of ether oxygens (including phenoxy) is 1. The van der Waals surface area contributed by atoms with Crippen LogP contribution in [0.4, 0.5) is 0 Å². The molecule has 0 aliphatic heterocycles. The first-order valence-electron chi connectivity index (χ1n) is 5.12. The van der Waals surface area contributed by atoms with Gasteiger partial charge in [0, 0.05) is 4.90 Å². The molecule has 0 radical (unpaired) electrons. The van der Waals surface area contributed by atoms with E-state index in [9.17, 15) is 8.76 Å². The van der Waals surface area contributed by atoms with Gasteiger partial charge in [-0.15, -0.1) is 0 Å². The zero-order chi connectivity index (χ0) is 12.1. The van der Waals surface area contributed by atoms with E-state index >= 15 is 0 Å². The summed E-state index contributed by atoms with van der Waals surface area (Å²) >= 11 is -2.17. The summed E-state index contributed by atoms with van der Waals surface area (Å²) < 4.78 is 26.9. The predicted molar refractivity (Wildman–Crippen MR) is 64.4 cm³/mol. The summed E-state index contributed by atoms with van der Waals surface area (Å²) in [5, 5.41) is 0. The summed E-state index contributed by atoms with van der Waals surface area (Å²) in [6, 6.07) is 16.1. The normalized spacial score (nSPS) is 12.1. The second-order valence-corrected chi connectivity index (χ2v) is 4.42. The maximum atomic E-state index is 10.7. The molecule has 2 aromatic carbocycles. The van der Waals surface area contributed by atoms with Gasteiger partial charge in [-0.1, -0.05) is 30.3 Å². The Morgan fingerprint density at radius 3 is 2.24 bits per heavy atom. The molecule has 0 amide bonds. The van der Waals surface area contributed by atoms with Gasteiger partial charge in [-0.05, 0) is 40.9 Å². The lowest BCUT2D eigenvalue weighted by atomic mass is 10.2. The smallest absolute Gasteiger partial charge is 0.119 e. The Morgan fingerprint density at radius 1 is 1.00 bits per heavy atom. The SMILES string of the molecule is O=S([O-])c1ccc(COc2ccccc2)cc1. The molecule has 3 nitrogen and oxygen atoms in total. The zero-order valence-electron chi connectivity index (χ0n) is 9.04. The molecule has 2 aromatic rings. The summed E-state index contributed by atoms with van der Waals surface area (Å²) in [4.78, 5) is 0.286. The molecule has 0 bridgehead atoms. The summed E-state index contributed by atoms with van der Waals surface area (Å²) in [7, 11) is 0. The van der Waals surface area contributed by atoms with Crippen molar-refractivity contribution in [3.63, 3.8) is 0 Å². The van der Waals surface area contributed by atoms with Crippen LogP contribution in [-0.2, 0) is 17.7 Å². The van der Waals surface area contributed by atoms with Crippen LogP contribution in [0.5, 0.6) is 5.75 Å². The molecule has 4 heteroatoms. The van der Waals surface area contributed by atoms with Crippen LogP contribution in [-0.4, -0.2) is 8.76 Å². The summed E-state index contributed by atoms with van der Waals surface area (Å²) in [6.45, 7) is 0.426. The molecule has 0 N–H and O–H groups in total. The van der Waals surface area contributed by atoms with Crippen LogP contribution in [0.2, 0.25) is 0 Å². The fourth-order valence-corrected chi connectivity index (χ4v) is 1.74. The van der Waals surface area contributed by atoms with Gasteiger partial charge in [0.2, 0.25) is 0 Å². The Bertz CT molecular complexity index is 494. The average molecular weight is 247 g/mol. The zero-order valence-corrected chi connectivity index (χ0v) is 9.85. The molecule has 0 heterocycles. The van der Waals surface area contributed by atoms with Crippen LogP contribution in [0.1, 0.15) is 5.56 Å². The third-order valence-electron chi connectivity index (χ3n) is 2.26. The second-order valence-electron chi connectivity index (χ2n) is 3.48. The lowest BCUT2D eigenvalue weighted by Gasteiger charge is -2.08. The molecule has 0 spiro atoms. The van der Waals surface area contributed by atoms with Gasteiger partial charge in [0.05, 0.1) is 0 Å². The first kappa shape index (κ1) is 11.8. The lowest BCUT2D eigenvalue weighted by Crippen LogP contribution is -1.96. The van der Waals surface area contributed by atoms with Crippen molar-refractivity contribution in [3.8, 4) is 5.75 Å². The predicted octanol–water partition coefficient (Wildman–Crippen LogP) is 2.50. The summed E-state index contributed by atoms with van der Waals surface area (Å²) in [6.07, 6.45) is 0. The van der Waals surface area contributed by atoms with Crippen molar-refractivity contribution < 1.29 is 13.5 Å². The summed E-state index contributed by atoms with van der Waals surface area (Å²) in [5.74, 6) is 0.795. The van der Waals surface area contributed by atoms with Crippen LogP contribution in [0, 0.1) is 0 Å². The molecule has 88 valence electrons. The van der Waals surface area contributed by atoms with Crippen LogP contribution in [0.25, 0.3) is 0 Å². The van der Waals surface area contributed by atoms with E-state index in [0.717, 1.165) is 11.3 Å². The van der Waals surface area contributed by atoms with Crippen molar-refractivity contribution in [2.75, 3.05) is 0 Å². The molecule has 17 heavy (non-hydrogen) atoms. The van der Waals surface area contributed by atoms with Gasteiger partial charge in [0.1, 0.15) is 12.4 Å². The van der Waals surface area contributed by atoms with Crippen molar-refractivity contribution in [2.45, 2.75) is 11.5 Å². The summed E-state index contributed by atoms with van der Waals surface area (Å²) in [5.41, 5.74) is 0.933. The van der Waals surface area contributed by atoms with Crippen molar-refractivity contribution >= 4 is 11.1 Å². The van der Waals surface area contributed by atoms with Crippen LogP contribution in [0.3, 0.4) is 0 Å². The highest BCUT2D eigenvalue weighted by atomic mass is 32.2. The molecular weight excluding hydrogens is 236 g/mol. The average Bonchev–Trinajstić information content (AvgIpc) is 2.38. The Morgan fingerprint density at radius 2 is 1.65 bits per heavy atom. The highest BCUT2D eigenvalue weighted by Crippen LogP contribution is 2.13. The molecule has 0 aromatic heterocycles. The van der Waals surface area contributed by atoms with Crippen LogP contribution < -0.4 is 4.74 Å². The number of benzene rings is 2. The van der Waals surface area contributed by atoms with Gasteiger partial charge >= 0.3 is 0 Å². The molecular formula is C13H11O3S-. The van der Waals surface area contributed by atoms with Crippen molar-refractivity contribution in [1.29, 1.82) is 0 Å². The third-order valence-corrected chi connectivity index (χ3v) is 2.92. The van der Waals surface area contributed by atoms with Gasteiger partial charge in [-0.3, -0.25) is 4.21 Å². The minimum Gasteiger partial charge on any atom is -0.768 e. The maximum absolute atomic E-state index is 10.7. The van der Waals surface area contributed by atoms with Gasteiger partial charge in [0.25, 0.3) is 0 Å². The number of hydrogen-bond acceptors (Lipinski definition) is 3. The van der Waals surface area contributed by atoms with Gasteiger partial charge in [0.15, 0.2) is 0 Å². The van der Waals surface area contributed by atoms with E-state index in [0.29, 0.717) is 6.61 Å². The maximum Gasteiger partial charge on any atom is 0.119 e. The van der Waals surface area contributed by atoms with Gasteiger partial charge < -0.3 is 9.29 Å². The molecule has 0 saturated carbocycles. The van der Waals surface area contributed by atoms with E-state index in [1.165, 1.54) is 0 Å². The topological polar surface area (TPSA) is 49.4 Å². The third kappa shape index (κ3) is 3.41. The van der Waals surface area contributed by atoms with Crippen LogP contribution >= 0.6 is 0 Å². The number of rotatable bonds is 4. The van der Waals surface area contributed by atoms with Crippen molar-refractivity contribution in [3.05, 3.63) is 60.2 Å². The largest absolute Gasteiger partial charge is 0.768 e. The monoisotopic (exact) mass is 247 g/mol. The van der Waals surface area contributed by atoms with Crippen molar-refractivity contribution in [2.24, 2.45) is 0 Å². The molecule has 2 rings (SSSR count). The molecule has 0 fully saturated rings. The minimum absolute atomic E-state index is 0.286. The standard InChI is InChI=1S/C13H12O3S/c14-17(15)13-8-6-11(7-9-13)10-16-12-4-2-1-3-5-12/h1-9H,10H2,(H,14,15)/p-1. The van der Waals surface area contributed by atoms with Gasteiger partial charge in [-0.25, -0.2) is 0 Å².